The molecule has 0 aliphatic heterocycles. The summed E-state index contributed by atoms with van der Waals surface area (Å²) in [5, 5.41) is 9.79. The van der Waals surface area contributed by atoms with Gasteiger partial charge in [-0.1, -0.05) is 34.8 Å². The van der Waals surface area contributed by atoms with Gasteiger partial charge in [0.25, 0.3) is 0 Å². The third-order valence-electron chi connectivity index (χ3n) is 2.01. The zero-order chi connectivity index (χ0) is 13.1. The summed E-state index contributed by atoms with van der Waals surface area (Å²) < 4.78 is 5.45. The molecule has 0 unspecified atom stereocenters. The standard InChI is InChI=1S/C12H5Cl3N2O/c13-9-2-1-8(5-10(9)14)18-12-4-7(6-16)3-11(15)17-12/h1-5H. The molecule has 1 aromatic carbocycles. The van der Waals surface area contributed by atoms with Gasteiger partial charge in [-0.15, -0.1) is 0 Å². The highest BCUT2D eigenvalue weighted by Gasteiger charge is 2.05. The van der Waals surface area contributed by atoms with Crippen LogP contribution >= 0.6 is 34.8 Å². The topological polar surface area (TPSA) is 45.9 Å². The van der Waals surface area contributed by atoms with Gasteiger partial charge in [0, 0.05) is 12.1 Å². The smallest absolute Gasteiger partial charge is 0.221 e. The van der Waals surface area contributed by atoms with E-state index in [0.717, 1.165) is 0 Å². The highest BCUT2D eigenvalue weighted by atomic mass is 35.5. The molecule has 0 bridgehead atoms. The Bertz CT molecular complexity index is 638. The zero-order valence-corrected chi connectivity index (χ0v) is 11.1. The van der Waals surface area contributed by atoms with Crippen molar-refractivity contribution in [2.24, 2.45) is 0 Å². The Hall–Kier alpha value is -1.47. The Morgan fingerprint density at radius 3 is 2.50 bits per heavy atom. The van der Waals surface area contributed by atoms with E-state index in [1.54, 1.807) is 18.2 Å². The van der Waals surface area contributed by atoms with Crippen molar-refractivity contribution in [2.45, 2.75) is 0 Å². The number of hydrogen-bond donors (Lipinski definition) is 0. The molecular formula is C12H5Cl3N2O. The molecule has 0 N–H and O–H groups in total. The van der Waals surface area contributed by atoms with Gasteiger partial charge in [-0.05, 0) is 18.2 Å². The first kappa shape index (κ1) is 13.0. The van der Waals surface area contributed by atoms with E-state index in [9.17, 15) is 0 Å². The number of rotatable bonds is 2. The highest BCUT2D eigenvalue weighted by molar-refractivity contribution is 6.42. The van der Waals surface area contributed by atoms with Crippen molar-refractivity contribution in [1.29, 1.82) is 5.26 Å². The second kappa shape index (κ2) is 5.45. The van der Waals surface area contributed by atoms with Crippen LogP contribution in [0.2, 0.25) is 15.2 Å². The van der Waals surface area contributed by atoms with E-state index in [-0.39, 0.29) is 11.0 Å². The van der Waals surface area contributed by atoms with Crippen LogP contribution in [0, 0.1) is 11.3 Å². The summed E-state index contributed by atoms with van der Waals surface area (Å²) in [5.74, 6) is 0.681. The first-order valence-electron chi connectivity index (χ1n) is 4.79. The van der Waals surface area contributed by atoms with Crippen LogP contribution < -0.4 is 4.74 Å². The normalized spacial score (nSPS) is 9.89. The molecule has 2 aromatic rings. The van der Waals surface area contributed by atoms with Gasteiger partial charge in [0.1, 0.15) is 10.9 Å². The second-order valence-electron chi connectivity index (χ2n) is 3.31. The highest BCUT2D eigenvalue weighted by Crippen LogP contribution is 2.29. The molecule has 0 aliphatic carbocycles. The molecule has 0 aliphatic rings. The number of nitrogens with zero attached hydrogens (tertiary/aromatic N) is 2. The summed E-state index contributed by atoms with van der Waals surface area (Å²) in [7, 11) is 0. The molecule has 0 radical (unpaired) electrons. The van der Waals surface area contributed by atoms with Gasteiger partial charge in [0.15, 0.2) is 0 Å². The third-order valence-corrected chi connectivity index (χ3v) is 2.95. The lowest BCUT2D eigenvalue weighted by Gasteiger charge is -2.06. The molecule has 1 heterocycles. The number of aromatic nitrogens is 1. The molecule has 0 saturated heterocycles. The van der Waals surface area contributed by atoms with Gasteiger partial charge < -0.3 is 4.74 Å². The van der Waals surface area contributed by atoms with Crippen molar-refractivity contribution in [2.75, 3.05) is 0 Å². The predicted octanol–water partition coefficient (Wildman–Crippen LogP) is 4.71. The molecule has 1 aromatic heterocycles. The van der Waals surface area contributed by atoms with Gasteiger partial charge in [-0.2, -0.15) is 5.26 Å². The molecular weight excluding hydrogens is 295 g/mol. The maximum Gasteiger partial charge on any atom is 0.221 e. The molecule has 3 nitrogen and oxygen atoms in total. The van der Waals surface area contributed by atoms with E-state index in [4.69, 9.17) is 44.8 Å². The maximum absolute atomic E-state index is 8.80. The molecule has 18 heavy (non-hydrogen) atoms. The van der Waals surface area contributed by atoms with Crippen molar-refractivity contribution in [1.82, 2.24) is 4.98 Å². The minimum Gasteiger partial charge on any atom is -0.439 e. The number of hydrogen-bond acceptors (Lipinski definition) is 3. The van der Waals surface area contributed by atoms with E-state index in [2.05, 4.69) is 4.98 Å². The van der Waals surface area contributed by atoms with E-state index in [1.165, 1.54) is 12.1 Å². The number of pyridine rings is 1. The lowest BCUT2D eigenvalue weighted by Crippen LogP contribution is -1.90. The second-order valence-corrected chi connectivity index (χ2v) is 4.51. The van der Waals surface area contributed by atoms with E-state index >= 15 is 0 Å². The molecule has 6 heteroatoms. The molecule has 0 spiro atoms. The van der Waals surface area contributed by atoms with Crippen molar-refractivity contribution in [3.63, 3.8) is 0 Å². The van der Waals surface area contributed by atoms with Crippen LogP contribution in [0.25, 0.3) is 0 Å². The minimum absolute atomic E-state index is 0.184. The molecule has 2 rings (SSSR count). The summed E-state index contributed by atoms with van der Waals surface area (Å²) in [6.45, 7) is 0. The Morgan fingerprint density at radius 2 is 1.83 bits per heavy atom. The fourth-order valence-electron chi connectivity index (χ4n) is 1.25. The van der Waals surface area contributed by atoms with Crippen molar-refractivity contribution in [3.8, 4) is 17.7 Å². The van der Waals surface area contributed by atoms with Crippen molar-refractivity contribution in [3.05, 3.63) is 51.1 Å². The van der Waals surface area contributed by atoms with Crippen LogP contribution in [0.5, 0.6) is 11.6 Å². The number of ether oxygens (including phenoxy) is 1. The van der Waals surface area contributed by atoms with Gasteiger partial charge in [0.2, 0.25) is 5.88 Å². The monoisotopic (exact) mass is 298 g/mol. The molecule has 90 valence electrons. The summed E-state index contributed by atoms with van der Waals surface area (Å²) in [4.78, 5) is 3.95. The predicted molar refractivity (Wildman–Crippen MR) is 70.5 cm³/mol. The largest absolute Gasteiger partial charge is 0.439 e. The Balaban J connectivity index is 2.31. The number of benzene rings is 1. The molecule has 0 atom stereocenters. The first-order chi connectivity index (χ1) is 8.58. The van der Waals surface area contributed by atoms with Gasteiger partial charge in [-0.25, -0.2) is 4.98 Å². The van der Waals surface area contributed by atoms with Crippen LogP contribution in [0.3, 0.4) is 0 Å². The SMILES string of the molecule is N#Cc1cc(Cl)nc(Oc2ccc(Cl)c(Cl)c2)c1. The number of halogens is 3. The average Bonchev–Trinajstić information content (AvgIpc) is 2.33. The van der Waals surface area contributed by atoms with Crippen LogP contribution in [-0.2, 0) is 0 Å². The lowest BCUT2D eigenvalue weighted by molar-refractivity contribution is 0.463. The van der Waals surface area contributed by atoms with Crippen LogP contribution in [0.15, 0.2) is 30.3 Å². The van der Waals surface area contributed by atoms with Crippen LogP contribution in [0.4, 0.5) is 0 Å². The van der Waals surface area contributed by atoms with E-state index < -0.39 is 0 Å². The summed E-state index contributed by atoms with van der Waals surface area (Å²) in [5.41, 5.74) is 0.366. The Morgan fingerprint density at radius 1 is 1.06 bits per heavy atom. The fourth-order valence-corrected chi connectivity index (χ4v) is 1.74. The first-order valence-corrected chi connectivity index (χ1v) is 5.92. The van der Waals surface area contributed by atoms with E-state index in [0.29, 0.717) is 21.4 Å². The molecule has 0 fully saturated rings. The van der Waals surface area contributed by atoms with Crippen LogP contribution in [0.1, 0.15) is 5.56 Å². The van der Waals surface area contributed by atoms with Crippen molar-refractivity contribution < 1.29 is 4.74 Å². The summed E-state index contributed by atoms with van der Waals surface area (Å²) in [6.07, 6.45) is 0. The van der Waals surface area contributed by atoms with Gasteiger partial charge >= 0.3 is 0 Å². The molecule has 0 amide bonds. The van der Waals surface area contributed by atoms with Crippen molar-refractivity contribution >= 4 is 34.8 Å². The number of nitriles is 1. The zero-order valence-electron chi connectivity index (χ0n) is 8.82. The van der Waals surface area contributed by atoms with Crippen LogP contribution in [-0.4, -0.2) is 4.98 Å². The Labute approximate surface area is 118 Å². The average molecular weight is 300 g/mol. The maximum atomic E-state index is 8.80. The van der Waals surface area contributed by atoms with E-state index in [1.807, 2.05) is 6.07 Å². The minimum atomic E-state index is 0.184. The van der Waals surface area contributed by atoms with Gasteiger partial charge in [-0.3, -0.25) is 0 Å². The Kier molecular flexibility index (Phi) is 3.93. The summed E-state index contributed by atoms with van der Waals surface area (Å²) in [6, 6.07) is 9.69. The molecule has 0 saturated carbocycles. The lowest BCUT2D eigenvalue weighted by atomic mass is 10.3. The summed E-state index contributed by atoms with van der Waals surface area (Å²) >= 11 is 17.4. The quantitative estimate of drug-likeness (QED) is 0.755. The van der Waals surface area contributed by atoms with Gasteiger partial charge in [0.05, 0.1) is 21.7 Å². The fraction of sp³-hybridized carbons (Fsp3) is 0. The third kappa shape index (κ3) is 3.05.